The number of rotatable bonds is 12. The molecule has 0 amide bonds. The van der Waals surface area contributed by atoms with Gasteiger partial charge >= 0.3 is 216 Å². The van der Waals surface area contributed by atoms with Crippen LogP contribution in [0.25, 0.3) is 28.9 Å². The summed E-state index contributed by atoms with van der Waals surface area (Å²) in [5.41, 5.74) is 0. The summed E-state index contributed by atoms with van der Waals surface area (Å²) in [6.45, 7) is 9.32. The molecule has 0 bridgehead atoms. The second-order valence-corrected chi connectivity index (χ2v) is 27.8. The molecule has 172 valence electrons. The molecule has 4 aromatic heterocycles. The van der Waals surface area contributed by atoms with E-state index in [1.54, 1.807) is 13.3 Å². The normalized spacial score (nSPS) is 12.2. The predicted molar refractivity (Wildman–Crippen MR) is 156 cm³/mol. The van der Waals surface area contributed by atoms with Gasteiger partial charge in [-0.25, -0.2) is 0 Å². The van der Waals surface area contributed by atoms with Gasteiger partial charge in [0.1, 0.15) is 0 Å². The van der Waals surface area contributed by atoms with Crippen LogP contribution in [0, 0.1) is 6.92 Å². The van der Waals surface area contributed by atoms with Crippen LogP contribution in [-0.4, -0.2) is 18.4 Å². The Morgan fingerprint density at radius 3 is 1.56 bits per heavy atom. The van der Waals surface area contributed by atoms with Gasteiger partial charge in [0.15, 0.2) is 0 Å². The van der Waals surface area contributed by atoms with E-state index in [0.717, 1.165) is 0 Å². The average molecular weight is 608 g/mol. The quantitative estimate of drug-likeness (QED) is 0.141. The van der Waals surface area contributed by atoms with Crippen LogP contribution in [0.1, 0.15) is 64.2 Å². The maximum absolute atomic E-state index is 2.57. The van der Waals surface area contributed by atoms with E-state index < -0.39 is 18.4 Å². The van der Waals surface area contributed by atoms with Crippen LogP contribution < -0.4 is 2.89 Å². The fourth-order valence-electron chi connectivity index (χ4n) is 4.69. The minimum atomic E-state index is -2.31. The zero-order valence-corrected chi connectivity index (χ0v) is 26.1. The van der Waals surface area contributed by atoms with Gasteiger partial charge in [0.25, 0.3) is 0 Å². The molecule has 0 saturated heterocycles. The summed E-state index contributed by atoms with van der Waals surface area (Å²) in [6, 6.07) is 14.4. The SMILES string of the molecule is CCC[CH2][Sn]([CH2]CCC)([CH2]CCC)[c]1ccc(-c2cc3sc(-c4ccc(C)s4)cc3s2)s1. The van der Waals surface area contributed by atoms with Crippen molar-refractivity contribution in [3.63, 3.8) is 0 Å². The maximum atomic E-state index is 2.57. The molecular formula is C27H36S4Sn. The van der Waals surface area contributed by atoms with E-state index in [9.17, 15) is 0 Å². The Morgan fingerprint density at radius 1 is 0.594 bits per heavy atom. The first kappa shape index (κ1) is 25.0. The molecule has 5 heteroatoms. The predicted octanol–water partition coefficient (Wildman–Crippen LogP) is 10.8. The summed E-state index contributed by atoms with van der Waals surface area (Å²) in [7, 11) is 0. The molecule has 4 heterocycles. The molecule has 0 nitrogen and oxygen atoms in total. The Labute approximate surface area is 214 Å². The molecule has 0 saturated carbocycles. The Kier molecular flexibility index (Phi) is 8.99. The van der Waals surface area contributed by atoms with Crippen LogP contribution in [0.5, 0.6) is 0 Å². The van der Waals surface area contributed by atoms with Crippen LogP contribution >= 0.6 is 45.3 Å². The first-order chi connectivity index (χ1) is 15.6. The van der Waals surface area contributed by atoms with E-state index in [2.05, 4.69) is 75.4 Å². The first-order valence-electron chi connectivity index (χ1n) is 12.3. The third kappa shape index (κ3) is 5.56. The Hall–Kier alpha value is -0.141. The molecule has 4 rings (SSSR count). The van der Waals surface area contributed by atoms with Crippen LogP contribution in [0.2, 0.25) is 13.3 Å². The van der Waals surface area contributed by atoms with Gasteiger partial charge in [0.2, 0.25) is 0 Å². The van der Waals surface area contributed by atoms with E-state index >= 15 is 0 Å². The molecule has 0 radical (unpaired) electrons. The van der Waals surface area contributed by atoms with Gasteiger partial charge < -0.3 is 0 Å². The monoisotopic (exact) mass is 608 g/mol. The van der Waals surface area contributed by atoms with Crippen molar-refractivity contribution in [2.45, 2.75) is 79.5 Å². The van der Waals surface area contributed by atoms with E-state index in [-0.39, 0.29) is 0 Å². The van der Waals surface area contributed by atoms with Gasteiger partial charge in [-0.3, -0.25) is 0 Å². The van der Waals surface area contributed by atoms with Crippen molar-refractivity contribution < 1.29 is 0 Å². The number of aryl methyl sites for hydroxylation is 1. The molecule has 0 aliphatic rings. The van der Waals surface area contributed by atoms with Gasteiger partial charge in [0, 0.05) is 0 Å². The molecule has 4 aromatic rings. The minimum absolute atomic E-state index is 1.35. The average Bonchev–Trinajstić information content (AvgIpc) is 3.56. The molecule has 0 N–H and O–H groups in total. The number of hydrogen-bond donors (Lipinski definition) is 0. The van der Waals surface area contributed by atoms with Crippen molar-refractivity contribution in [2.75, 3.05) is 0 Å². The van der Waals surface area contributed by atoms with Crippen molar-refractivity contribution in [3.05, 3.63) is 41.3 Å². The van der Waals surface area contributed by atoms with Crippen molar-refractivity contribution in [1.82, 2.24) is 0 Å². The number of fused-ring (bicyclic) bond motifs is 1. The molecule has 0 aliphatic heterocycles. The van der Waals surface area contributed by atoms with Crippen molar-refractivity contribution >= 4 is 76.0 Å². The summed E-state index contributed by atoms with van der Waals surface area (Å²) in [4.78, 5) is 7.24. The van der Waals surface area contributed by atoms with Gasteiger partial charge in [-0.15, -0.1) is 0 Å². The molecule has 0 spiro atoms. The third-order valence-electron chi connectivity index (χ3n) is 6.59. The van der Waals surface area contributed by atoms with E-state index in [1.165, 1.54) is 72.3 Å². The zero-order valence-electron chi connectivity index (χ0n) is 20.0. The number of hydrogen-bond acceptors (Lipinski definition) is 4. The summed E-state index contributed by atoms with van der Waals surface area (Å²) < 4.78 is 9.46. The number of unbranched alkanes of at least 4 members (excludes halogenated alkanes) is 3. The molecule has 0 atom stereocenters. The summed E-state index contributed by atoms with van der Waals surface area (Å²) in [5.74, 6) is 0. The molecule has 0 aromatic carbocycles. The zero-order chi connectivity index (χ0) is 22.6. The van der Waals surface area contributed by atoms with Gasteiger partial charge in [0.05, 0.1) is 0 Å². The van der Waals surface area contributed by atoms with Crippen LogP contribution in [0.4, 0.5) is 0 Å². The van der Waals surface area contributed by atoms with Crippen LogP contribution in [-0.2, 0) is 0 Å². The number of thiophene rings is 4. The molecule has 32 heavy (non-hydrogen) atoms. The van der Waals surface area contributed by atoms with Crippen molar-refractivity contribution in [1.29, 1.82) is 0 Å². The molecule has 0 fully saturated rings. The third-order valence-corrected chi connectivity index (χ3v) is 29.6. The topological polar surface area (TPSA) is 0 Å². The fraction of sp³-hybridized carbons (Fsp3) is 0.481. The summed E-state index contributed by atoms with van der Waals surface area (Å²) >= 11 is 5.74. The van der Waals surface area contributed by atoms with Crippen molar-refractivity contribution in [3.8, 4) is 19.5 Å². The standard InChI is InChI=1S/C15H9S4.3C4H9.Sn/c1-9-4-5-11(17-9)13-8-15-14(19-13)7-12(18-15)10-3-2-6-16-10;3*1-3-4-2;/h2-5,7-8H,1H3;3*1,3-4H2,2H3;. The van der Waals surface area contributed by atoms with Crippen molar-refractivity contribution in [2.24, 2.45) is 0 Å². The van der Waals surface area contributed by atoms with Crippen LogP contribution in [0.15, 0.2) is 36.4 Å². The summed E-state index contributed by atoms with van der Waals surface area (Å²) in [6.07, 6.45) is 8.37. The Morgan fingerprint density at radius 2 is 1.09 bits per heavy atom. The Balaban J connectivity index is 1.62. The molecular weight excluding hydrogens is 571 g/mol. The second kappa shape index (κ2) is 11.5. The van der Waals surface area contributed by atoms with Gasteiger partial charge in [-0.05, 0) is 0 Å². The summed E-state index contributed by atoms with van der Waals surface area (Å²) in [5, 5.41) is 0. The molecule has 0 unspecified atom stereocenters. The first-order valence-corrected chi connectivity index (χ1v) is 23.0. The Bertz CT molecular complexity index is 1070. The van der Waals surface area contributed by atoms with Gasteiger partial charge in [-0.2, -0.15) is 0 Å². The van der Waals surface area contributed by atoms with E-state index in [4.69, 9.17) is 0 Å². The van der Waals surface area contributed by atoms with Crippen LogP contribution in [0.3, 0.4) is 0 Å². The van der Waals surface area contributed by atoms with E-state index in [0.29, 0.717) is 0 Å². The van der Waals surface area contributed by atoms with E-state index in [1.807, 2.05) is 36.9 Å². The second-order valence-electron chi connectivity index (χ2n) is 9.11. The molecule has 0 aliphatic carbocycles. The van der Waals surface area contributed by atoms with Gasteiger partial charge in [-0.1, -0.05) is 0 Å². The fourth-order valence-corrected chi connectivity index (χ4v) is 28.3.